The Labute approximate surface area is 266 Å². The van der Waals surface area contributed by atoms with Crippen LogP contribution in [0, 0.1) is 0 Å². The molecule has 1 unspecified atom stereocenters. The Hall–Kier alpha value is -4.08. The van der Waals surface area contributed by atoms with Gasteiger partial charge in [-0.2, -0.15) is 0 Å². The summed E-state index contributed by atoms with van der Waals surface area (Å²) in [7, 11) is 1.73. The van der Waals surface area contributed by atoms with E-state index in [0.717, 1.165) is 82.5 Å². The van der Waals surface area contributed by atoms with Crippen molar-refractivity contribution in [3.8, 4) is 5.75 Å². The lowest BCUT2D eigenvalue weighted by Crippen LogP contribution is -2.37. The third-order valence-corrected chi connectivity index (χ3v) is 8.74. The van der Waals surface area contributed by atoms with E-state index in [2.05, 4.69) is 90.8 Å². The first-order chi connectivity index (χ1) is 22.1. The van der Waals surface area contributed by atoms with Crippen LogP contribution in [0.15, 0.2) is 91.3 Å². The van der Waals surface area contributed by atoms with Gasteiger partial charge in [-0.15, -0.1) is 0 Å². The first kappa shape index (κ1) is 30.9. The third-order valence-electron chi connectivity index (χ3n) is 8.74. The van der Waals surface area contributed by atoms with Gasteiger partial charge in [0, 0.05) is 93.9 Å². The number of benzene rings is 2. The number of H-pyrrole nitrogens is 1. The number of nitrogens with one attached hydrogen (secondary N) is 3. The van der Waals surface area contributed by atoms with E-state index in [-0.39, 0.29) is 6.04 Å². The maximum atomic E-state index is 5.46. The van der Waals surface area contributed by atoms with Crippen LogP contribution in [0.1, 0.15) is 46.7 Å². The van der Waals surface area contributed by atoms with Gasteiger partial charge in [0.25, 0.3) is 0 Å². The van der Waals surface area contributed by atoms with Gasteiger partial charge in [-0.1, -0.05) is 36.4 Å². The number of methoxy groups -OCH3 is 1. The molecule has 0 aliphatic carbocycles. The molecule has 3 N–H and O–H groups in total. The van der Waals surface area contributed by atoms with E-state index in [1.165, 1.54) is 33.3 Å². The second-order valence-corrected chi connectivity index (χ2v) is 12.0. The van der Waals surface area contributed by atoms with Crippen molar-refractivity contribution in [2.24, 2.45) is 0 Å². The molecule has 1 aliphatic rings. The van der Waals surface area contributed by atoms with Crippen LogP contribution in [0.2, 0.25) is 0 Å². The first-order valence-electron chi connectivity index (χ1n) is 16.1. The molecule has 0 spiro atoms. The normalized spacial score (nSPS) is 14.1. The molecule has 0 bridgehead atoms. The molecule has 6 rings (SSSR count). The summed E-state index contributed by atoms with van der Waals surface area (Å²) in [6.07, 6.45) is 4.76. The van der Waals surface area contributed by atoms with Crippen molar-refractivity contribution < 1.29 is 4.74 Å². The molecule has 8 heteroatoms. The average Bonchev–Trinajstić information content (AvgIpc) is 3.45. The second kappa shape index (κ2) is 15.3. The number of fused-ring (bicyclic) bond motifs is 3. The van der Waals surface area contributed by atoms with Gasteiger partial charge in [-0.25, -0.2) is 0 Å². The zero-order chi connectivity index (χ0) is 30.8. The van der Waals surface area contributed by atoms with Gasteiger partial charge in [0.2, 0.25) is 0 Å². The van der Waals surface area contributed by atoms with Gasteiger partial charge in [0.05, 0.1) is 18.5 Å². The third kappa shape index (κ3) is 8.35. The van der Waals surface area contributed by atoms with Crippen molar-refractivity contribution in [2.45, 2.75) is 45.6 Å². The van der Waals surface area contributed by atoms with Crippen LogP contribution >= 0.6 is 0 Å². The van der Waals surface area contributed by atoms with Crippen LogP contribution < -0.4 is 15.4 Å². The van der Waals surface area contributed by atoms with Gasteiger partial charge < -0.3 is 20.4 Å². The molecule has 5 aromatic rings. The zero-order valence-corrected chi connectivity index (χ0v) is 26.5. The van der Waals surface area contributed by atoms with Crippen LogP contribution in [0.4, 0.5) is 0 Å². The Morgan fingerprint density at radius 3 is 2.51 bits per heavy atom. The number of hydrogen-bond donors (Lipinski definition) is 3. The monoisotopic (exact) mass is 603 g/mol. The minimum Gasteiger partial charge on any atom is -0.497 e. The molecule has 0 saturated heterocycles. The van der Waals surface area contributed by atoms with E-state index >= 15 is 0 Å². The highest BCUT2D eigenvalue weighted by Gasteiger charge is 2.21. The van der Waals surface area contributed by atoms with E-state index < -0.39 is 0 Å². The number of ether oxygens (including phenoxy) is 1. The molecule has 3 aromatic heterocycles. The van der Waals surface area contributed by atoms with Crippen molar-refractivity contribution >= 4 is 10.9 Å². The summed E-state index contributed by atoms with van der Waals surface area (Å²) in [6.45, 7) is 10.5. The number of rotatable bonds is 15. The summed E-state index contributed by atoms with van der Waals surface area (Å²) in [6, 6.07) is 27.9. The number of pyridine rings is 2. The quantitative estimate of drug-likeness (QED) is 0.137. The molecule has 0 amide bonds. The molecule has 234 valence electrons. The van der Waals surface area contributed by atoms with E-state index in [9.17, 15) is 0 Å². The Balaban J connectivity index is 1.03. The van der Waals surface area contributed by atoms with Crippen molar-refractivity contribution in [3.05, 3.63) is 125 Å². The molecule has 0 saturated carbocycles. The lowest BCUT2D eigenvalue weighted by molar-refractivity contribution is 0.243. The fourth-order valence-electron chi connectivity index (χ4n) is 6.21. The van der Waals surface area contributed by atoms with Crippen LogP contribution in [-0.2, 0) is 32.6 Å². The minimum atomic E-state index is 0.215. The summed E-state index contributed by atoms with van der Waals surface area (Å²) in [5.41, 5.74) is 8.81. The van der Waals surface area contributed by atoms with Crippen molar-refractivity contribution in [1.82, 2.24) is 35.4 Å². The largest absolute Gasteiger partial charge is 0.497 e. The predicted octanol–water partition coefficient (Wildman–Crippen LogP) is 5.47. The van der Waals surface area contributed by atoms with Gasteiger partial charge in [-0.3, -0.25) is 19.8 Å². The molecule has 1 aliphatic heterocycles. The molecular formula is C37H45N7O. The average molecular weight is 604 g/mol. The molecule has 4 heterocycles. The highest BCUT2D eigenvalue weighted by atomic mass is 16.5. The van der Waals surface area contributed by atoms with E-state index in [1.807, 2.05) is 42.7 Å². The minimum absolute atomic E-state index is 0.215. The standard InChI is InChI=1S/C37H45N7O/c1-28(35-8-4-6-17-41-35)39-19-22-43(21-18-38-24-31-7-3-5-16-40-31)25-29-9-11-30(12-10-29)26-44-20-15-33-34-23-32(45-2)13-14-36(34)42-37(33)27-44/h3-14,16-17,23,28,38-39,42H,15,18-22,24-27H2,1-2H3. The number of nitrogens with zero attached hydrogens (tertiary/aromatic N) is 4. The van der Waals surface area contributed by atoms with Crippen LogP contribution in [0.3, 0.4) is 0 Å². The lowest BCUT2D eigenvalue weighted by Gasteiger charge is -2.27. The van der Waals surface area contributed by atoms with Gasteiger partial charge in [0.15, 0.2) is 0 Å². The highest BCUT2D eigenvalue weighted by molar-refractivity contribution is 5.86. The summed E-state index contributed by atoms with van der Waals surface area (Å²) in [4.78, 5) is 17.7. The smallest absolute Gasteiger partial charge is 0.119 e. The number of aromatic amines is 1. The Morgan fingerprint density at radius 1 is 0.933 bits per heavy atom. The lowest BCUT2D eigenvalue weighted by atomic mass is 10.0. The molecule has 45 heavy (non-hydrogen) atoms. The summed E-state index contributed by atoms with van der Waals surface area (Å²) >= 11 is 0. The maximum Gasteiger partial charge on any atom is 0.119 e. The van der Waals surface area contributed by atoms with Crippen LogP contribution in [0.25, 0.3) is 10.9 Å². The molecule has 8 nitrogen and oxygen atoms in total. The molecule has 2 aromatic carbocycles. The van der Waals surface area contributed by atoms with Gasteiger partial charge in [-0.05, 0) is 72.5 Å². The zero-order valence-electron chi connectivity index (χ0n) is 26.5. The molecular weight excluding hydrogens is 558 g/mol. The topological polar surface area (TPSA) is 81.3 Å². The summed E-state index contributed by atoms with van der Waals surface area (Å²) in [5.74, 6) is 0.918. The molecule has 0 fully saturated rings. The Kier molecular flexibility index (Phi) is 10.5. The van der Waals surface area contributed by atoms with E-state index in [4.69, 9.17) is 4.74 Å². The van der Waals surface area contributed by atoms with Crippen LogP contribution in [-0.4, -0.2) is 64.6 Å². The van der Waals surface area contributed by atoms with Crippen LogP contribution in [0.5, 0.6) is 5.75 Å². The summed E-state index contributed by atoms with van der Waals surface area (Å²) < 4.78 is 5.46. The van der Waals surface area contributed by atoms with Crippen molar-refractivity contribution in [2.75, 3.05) is 39.8 Å². The fourth-order valence-corrected chi connectivity index (χ4v) is 6.21. The highest BCUT2D eigenvalue weighted by Crippen LogP contribution is 2.30. The predicted molar refractivity (Wildman–Crippen MR) is 181 cm³/mol. The SMILES string of the molecule is COc1ccc2[nH]c3c(c2c1)CCN(Cc1ccc(CN(CCNCc2ccccn2)CCNC(C)c2ccccn2)cc1)C3. The first-order valence-corrected chi connectivity index (χ1v) is 16.1. The maximum absolute atomic E-state index is 5.46. The van der Waals surface area contributed by atoms with Gasteiger partial charge >= 0.3 is 0 Å². The second-order valence-electron chi connectivity index (χ2n) is 12.0. The Morgan fingerprint density at radius 2 is 1.73 bits per heavy atom. The number of hydrogen-bond acceptors (Lipinski definition) is 7. The Bertz CT molecular complexity index is 1620. The summed E-state index contributed by atoms with van der Waals surface area (Å²) in [5, 5.41) is 8.53. The van der Waals surface area contributed by atoms with Crippen molar-refractivity contribution in [3.63, 3.8) is 0 Å². The molecule has 0 radical (unpaired) electrons. The number of aromatic nitrogens is 3. The van der Waals surface area contributed by atoms with Gasteiger partial charge in [0.1, 0.15) is 5.75 Å². The van der Waals surface area contributed by atoms with E-state index in [0.29, 0.717) is 0 Å². The van der Waals surface area contributed by atoms with E-state index in [1.54, 1.807) is 7.11 Å². The molecule has 1 atom stereocenters. The fraction of sp³-hybridized carbons (Fsp3) is 0.351. The van der Waals surface area contributed by atoms with Crippen molar-refractivity contribution in [1.29, 1.82) is 0 Å².